The SMILES string of the molecule is CCCC/C=C/[C@@H]1CCc2cc(C3CCCC3[C@@H](N)CO)ccc2C1. The fourth-order valence-electron chi connectivity index (χ4n) is 4.86. The molecule has 0 aliphatic heterocycles. The maximum Gasteiger partial charge on any atom is 0.0585 e. The molecule has 2 aliphatic rings. The average Bonchev–Trinajstić information content (AvgIpc) is 3.14. The number of hydrogen-bond acceptors (Lipinski definition) is 2. The van der Waals surface area contributed by atoms with Crippen molar-refractivity contribution in [1.82, 2.24) is 0 Å². The Morgan fingerprint density at radius 3 is 2.92 bits per heavy atom. The number of allylic oxidation sites excluding steroid dienone is 2. The number of nitrogens with two attached hydrogens (primary N) is 1. The molecule has 25 heavy (non-hydrogen) atoms. The highest BCUT2D eigenvalue weighted by Crippen LogP contribution is 2.42. The first kappa shape index (κ1) is 18.7. The van der Waals surface area contributed by atoms with Crippen molar-refractivity contribution in [3.05, 3.63) is 47.0 Å². The molecule has 0 aromatic heterocycles. The molecule has 0 amide bonds. The molecule has 2 unspecified atom stereocenters. The van der Waals surface area contributed by atoms with Crippen LogP contribution in [0.5, 0.6) is 0 Å². The summed E-state index contributed by atoms with van der Waals surface area (Å²) in [6, 6.07) is 7.10. The molecule has 3 rings (SSSR count). The fourth-order valence-corrected chi connectivity index (χ4v) is 4.86. The van der Waals surface area contributed by atoms with Gasteiger partial charge in [0.1, 0.15) is 0 Å². The highest BCUT2D eigenvalue weighted by atomic mass is 16.3. The predicted octanol–water partition coefficient (Wildman–Crippen LogP) is 4.74. The van der Waals surface area contributed by atoms with Gasteiger partial charge in [0, 0.05) is 6.04 Å². The van der Waals surface area contributed by atoms with Crippen LogP contribution >= 0.6 is 0 Å². The Morgan fingerprint density at radius 1 is 1.24 bits per heavy atom. The molecule has 4 atom stereocenters. The number of aliphatic hydroxyl groups excluding tert-OH is 1. The van der Waals surface area contributed by atoms with E-state index in [9.17, 15) is 5.11 Å². The molecule has 1 saturated carbocycles. The van der Waals surface area contributed by atoms with Crippen LogP contribution in [0.3, 0.4) is 0 Å². The van der Waals surface area contributed by atoms with Gasteiger partial charge in [-0.05, 0) is 73.0 Å². The number of rotatable bonds is 7. The minimum absolute atomic E-state index is 0.0684. The second-order valence-corrected chi connectivity index (χ2v) is 8.15. The van der Waals surface area contributed by atoms with Gasteiger partial charge in [-0.3, -0.25) is 0 Å². The van der Waals surface area contributed by atoms with Gasteiger partial charge in [-0.25, -0.2) is 0 Å². The van der Waals surface area contributed by atoms with Gasteiger partial charge in [0.2, 0.25) is 0 Å². The molecule has 0 bridgehead atoms. The van der Waals surface area contributed by atoms with Crippen LogP contribution in [0.1, 0.15) is 74.5 Å². The third-order valence-electron chi connectivity index (χ3n) is 6.39. The van der Waals surface area contributed by atoms with Gasteiger partial charge < -0.3 is 10.8 Å². The Kier molecular flexibility index (Phi) is 6.72. The topological polar surface area (TPSA) is 46.2 Å². The van der Waals surface area contributed by atoms with Crippen molar-refractivity contribution in [2.75, 3.05) is 6.61 Å². The molecule has 2 aliphatic carbocycles. The average molecular weight is 342 g/mol. The summed E-state index contributed by atoms with van der Waals surface area (Å²) in [5.41, 5.74) is 10.7. The monoisotopic (exact) mass is 341 g/mol. The first-order chi connectivity index (χ1) is 12.2. The van der Waals surface area contributed by atoms with Crippen LogP contribution < -0.4 is 5.73 Å². The van der Waals surface area contributed by atoms with Crippen LogP contribution in [0.4, 0.5) is 0 Å². The Bertz CT molecular complexity index is 579. The molecule has 1 aromatic carbocycles. The standard InChI is InChI=1S/C23H35NO/c1-2-3-4-5-7-17-10-11-19-15-20(13-12-18(19)14-17)21-8-6-9-22(21)23(24)16-25/h5,7,12-13,15,17,21-23,25H,2-4,6,8-11,14,16,24H2,1H3/b7-5+/t17-,21?,22?,23+/m1/s1. The van der Waals surface area contributed by atoms with E-state index >= 15 is 0 Å². The Balaban J connectivity index is 1.67. The number of aliphatic hydroxyl groups is 1. The maximum absolute atomic E-state index is 9.45. The summed E-state index contributed by atoms with van der Waals surface area (Å²) in [4.78, 5) is 0. The van der Waals surface area contributed by atoms with Crippen molar-refractivity contribution in [2.24, 2.45) is 17.6 Å². The lowest BCUT2D eigenvalue weighted by molar-refractivity contribution is 0.219. The molecular weight excluding hydrogens is 306 g/mol. The molecule has 0 radical (unpaired) electrons. The largest absolute Gasteiger partial charge is 0.395 e. The second-order valence-electron chi connectivity index (χ2n) is 8.15. The number of hydrogen-bond donors (Lipinski definition) is 2. The molecule has 0 heterocycles. The number of fused-ring (bicyclic) bond motifs is 1. The molecule has 138 valence electrons. The van der Waals surface area contributed by atoms with E-state index in [1.54, 1.807) is 11.1 Å². The van der Waals surface area contributed by atoms with Gasteiger partial charge in [0.05, 0.1) is 6.61 Å². The summed E-state index contributed by atoms with van der Waals surface area (Å²) in [6.07, 6.45) is 16.0. The fraction of sp³-hybridized carbons (Fsp3) is 0.652. The normalized spacial score (nSPS) is 27.6. The maximum atomic E-state index is 9.45. The van der Waals surface area contributed by atoms with Crippen molar-refractivity contribution >= 4 is 0 Å². The minimum Gasteiger partial charge on any atom is -0.395 e. The van der Waals surface area contributed by atoms with E-state index < -0.39 is 0 Å². The van der Waals surface area contributed by atoms with E-state index in [0.717, 1.165) is 12.3 Å². The van der Waals surface area contributed by atoms with Gasteiger partial charge in [-0.2, -0.15) is 0 Å². The van der Waals surface area contributed by atoms with Crippen LogP contribution in [0.15, 0.2) is 30.4 Å². The molecule has 0 spiro atoms. The highest BCUT2D eigenvalue weighted by molar-refractivity contribution is 5.37. The van der Waals surface area contributed by atoms with Gasteiger partial charge in [-0.15, -0.1) is 0 Å². The number of benzene rings is 1. The van der Waals surface area contributed by atoms with E-state index in [-0.39, 0.29) is 12.6 Å². The van der Waals surface area contributed by atoms with Gasteiger partial charge in [0.15, 0.2) is 0 Å². The summed E-state index contributed by atoms with van der Waals surface area (Å²) < 4.78 is 0. The second kappa shape index (κ2) is 9.00. The summed E-state index contributed by atoms with van der Waals surface area (Å²) in [5.74, 6) is 1.71. The van der Waals surface area contributed by atoms with Gasteiger partial charge in [0.25, 0.3) is 0 Å². The zero-order chi connectivity index (χ0) is 17.6. The Hall–Kier alpha value is -1.12. The van der Waals surface area contributed by atoms with Crippen molar-refractivity contribution in [3.8, 4) is 0 Å². The van der Waals surface area contributed by atoms with Crippen molar-refractivity contribution in [1.29, 1.82) is 0 Å². The van der Waals surface area contributed by atoms with Gasteiger partial charge in [-0.1, -0.05) is 56.5 Å². The Morgan fingerprint density at radius 2 is 2.12 bits per heavy atom. The van der Waals surface area contributed by atoms with Crippen LogP contribution in [0.2, 0.25) is 0 Å². The zero-order valence-corrected chi connectivity index (χ0v) is 15.8. The van der Waals surface area contributed by atoms with E-state index in [1.807, 2.05) is 0 Å². The summed E-state index contributed by atoms with van der Waals surface area (Å²) in [6.45, 7) is 2.36. The molecule has 2 heteroatoms. The van der Waals surface area contributed by atoms with Crippen molar-refractivity contribution in [2.45, 2.75) is 76.7 Å². The summed E-state index contributed by atoms with van der Waals surface area (Å²) >= 11 is 0. The number of unbranched alkanes of at least 4 members (excludes halogenated alkanes) is 2. The van der Waals surface area contributed by atoms with Crippen LogP contribution in [-0.2, 0) is 12.8 Å². The third kappa shape index (κ3) is 4.54. The molecule has 1 aromatic rings. The minimum atomic E-state index is -0.0684. The van der Waals surface area contributed by atoms with E-state index in [4.69, 9.17) is 5.73 Å². The van der Waals surface area contributed by atoms with Crippen LogP contribution in [0, 0.1) is 11.8 Å². The van der Waals surface area contributed by atoms with E-state index in [1.165, 1.54) is 56.9 Å². The lowest BCUT2D eigenvalue weighted by Gasteiger charge is -2.27. The smallest absolute Gasteiger partial charge is 0.0585 e. The first-order valence-corrected chi connectivity index (χ1v) is 10.4. The van der Waals surface area contributed by atoms with Crippen molar-refractivity contribution in [3.63, 3.8) is 0 Å². The predicted molar refractivity (Wildman–Crippen MR) is 106 cm³/mol. The summed E-state index contributed by atoms with van der Waals surface area (Å²) in [7, 11) is 0. The number of aryl methyl sites for hydroxylation is 1. The van der Waals surface area contributed by atoms with E-state index in [2.05, 4.69) is 37.3 Å². The molecule has 0 saturated heterocycles. The van der Waals surface area contributed by atoms with E-state index in [0.29, 0.717) is 11.8 Å². The molecular formula is C23H35NO. The summed E-state index contributed by atoms with van der Waals surface area (Å²) in [5, 5.41) is 9.45. The molecule has 3 N–H and O–H groups in total. The quantitative estimate of drug-likeness (QED) is 0.556. The molecule has 1 fully saturated rings. The van der Waals surface area contributed by atoms with Crippen LogP contribution in [-0.4, -0.2) is 17.8 Å². The zero-order valence-electron chi connectivity index (χ0n) is 15.8. The van der Waals surface area contributed by atoms with Crippen LogP contribution in [0.25, 0.3) is 0 Å². The lowest BCUT2D eigenvalue weighted by atomic mass is 9.79. The third-order valence-corrected chi connectivity index (χ3v) is 6.39. The van der Waals surface area contributed by atoms with Gasteiger partial charge >= 0.3 is 0 Å². The Labute approximate surface area is 153 Å². The van der Waals surface area contributed by atoms with Crippen molar-refractivity contribution < 1.29 is 5.11 Å². The highest BCUT2D eigenvalue weighted by Gasteiger charge is 2.33. The first-order valence-electron chi connectivity index (χ1n) is 10.4. The molecule has 2 nitrogen and oxygen atoms in total. The lowest BCUT2D eigenvalue weighted by Crippen LogP contribution is -2.35.